The van der Waals surface area contributed by atoms with Gasteiger partial charge in [0.25, 0.3) is 11.6 Å². The number of nitrogens with zero attached hydrogens (tertiary/aromatic N) is 2. The normalized spacial score (nSPS) is 23.8. The Morgan fingerprint density at radius 1 is 1.52 bits per heavy atom. The third-order valence-corrected chi connectivity index (χ3v) is 5.98. The van der Waals surface area contributed by atoms with Crippen LogP contribution in [0.2, 0.25) is 0 Å². The highest BCUT2D eigenvalue weighted by Gasteiger charge is 2.66. The topological polar surface area (TPSA) is 146 Å². The summed E-state index contributed by atoms with van der Waals surface area (Å²) in [5, 5.41) is 19.8. The van der Waals surface area contributed by atoms with Crippen LogP contribution < -0.4 is 5.32 Å². The summed E-state index contributed by atoms with van der Waals surface area (Å²) in [4.78, 5) is 48.5. The second-order valence-corrected chi connectivity index (χ2v) is 7.57. The van der Waals surface area contributed by atoms with E-state index < -0.39 is 34.9 Å². The van der Waals surface area contributed by atoms with Gasteiger partial charge in [0.05, 0.1) is 17.6 Å². The van der Waals surface area contributed by atoms with E-state index >= 15 is 0 Å². The maximum absolute atomic E-state index is 12.7. The first-order valence-corrected chi connectivity index (χ1v) is 9.83. The van der Waals surface area contributed by atoms with Gasteiger partial charge in [-0.05, 0) is 0 Å². The van der Waals surface area contributed by atoms with Crippen molar-refractivity contribution >= 4 is 47.3 Å². The lowest BCUT2D eigenvalue weighted by molar-refractivity contribution is -0.192. The van der Waals surface area contributed by atoms with Gasteiger partial charge in [-0.3, -0.25) is 19.3 Å². The molecule has 146 valence electrons. The van der Waals surface area contributed by atoms with Gasteiger partial charge in [-0.2, -0.15) is 5.26 Å². The Bertz CT molecular complexity index is 748. The first-order chi connectivity index (χ1) is 12.8. The summed E-state index contributed by atoms with van der Waals surface area (Å²) < 4.78 is 10.1. The van der Waals surface area contributed by atoms with Crippen LogP contribution in [0.1, 0.15) is 6.92 Å². The lowest BCUT2D eigenvalue weighted by Gasteiger charge is -2.55. The minimum absolute atomic E-state index is 0.0390. The van der Waals surface area contributed by atoms with Crippen molar-refractivity contribution in [3.63, 3.8) is 0 Å². The van der Waals surface area contributed by atoms with Gasteiger partial charge in [0, 0.05) is 25.4 Å². The van der Waals surface area contributed by atoms with Crippen molar-refractivity contribution < 1.29 is 33.8 Å². The second-order valence-electron chi connectivity index (χ2n) is 5.51. The number of carbonyl (C=O) groups is 4. The summed E-state index contributed by atoms with van der Waals surface area (Å²) in [5.74, 6) is -2.86. The van der Waals surface area contributed by atoms with Crippen LogP contribution in [0.3, 0.4) is 0 Å². The van der Waals surface area contributed by atoms with Crippen LogP contribution >= 0.6 is 23.5 Å². The van der Waals surface area contributed by atoms with E-state index in [1.165, 1.54) is 25.8 Å². The number of esters is 1. The summed E-state index contributed by atoms with van der Waals surface area (Å²) in [7, 11) is 1.25. The molecule has 10 nitrogen and oxygen atoms in total. The molecule has 0 aliphatic carbocycles. The van der Waals surface area contributed by atoms with E-state index in [0.29, 0.717) is 0 Å². The number of ether oxygens (including phenoxy) is 2. The molecule has 2 unspecified atom stereocenters. The molecule has 1 fully saturated rings. The zero-order valence-electron chi connectivity index (χ0n) is 14.5. The van der Waals surface area contributed by atoms with E-state index in [1.54, 1.807) is 0 Å². The maximum Gasteiger partial charge on any atom is 0.352 e. The Labute approximate surface area is 163 Å². The smallest absolute Gasteiger partial charge is 0.352 e. The molecular formula is C15H17N3O7S2. The van der Waals surface area contributed by atoms with E-state index in [2.05, 4.69) is 5.32 Å². The van der Waals surface area contributed by atoms with Crippen LogP contribution in [0, 0.1) is 11.3 Å². The van der Waals surface area contributed by atoms with Crippen LogP contribution in [0.5, 0.6) is 0 Å². The zero-order chi connectivity index (χ0) is 20.2. The number of hydrogen-bond acceptors (Lipinski definition) is 9. The number of fused-ring (bicyclic) bond motifs is 1. The molecule has 0 radical (unpaired) electrons. The van der Waals surface area contributed by atoms with Crippen LogP contribution in [0.25, 0.3) is 0 Å². The molecule has 2 aliphatic rings. The Morgan fingerprint density at radius 3 is 2.78 bits per heavy atom. The van der Waals surface area contributed by atoms with Crippen molar-refractivity contribution in [3.8, 4) is 6.07 Å². The van der Waals surface area contributed by atoms with Crippen LogP contribution in [0.4, 0.5) is 0 Å². The number of thioether (sulfide) groups is 2. The molecule has 0 spiro atoms. The van der Waals surface area contributed by atoms with Crippen LogP contribution in [-0.2, 0) is 28.7 Å². The molecule has 0 saturated carbocycles. The zero-order valence-corrected chi connectivity index (χ0v) is 16.1. The van der Waals surface area contributed by atoms with Gasteiger partial charge in [-0.25, -0.2) is 4.79 Å². The number of methoxy groups -OCH3 is 1. The largest absolute Gasteiger partial charge is 0.477 e. The van der Waals surface area contributed by atoms with Crippen molar-refractivity contribution in [2.45, 2.75) is 18.0 Å². The fourth-order valence-electron chi connectivity index (χ4n) is 2.68. The molecule has 0 aromatic rings. The number of amides is 2. The number of carboxylic acids is 1. The molecule has 0 bridgehead atoms. The number of carbonyl (C=O) groups excluding carboxylic acids is 3. The van der Waals surface area contributed by atoms with Crippen molar-refractivity contribution in [2.24, 2.45) is 0 Å². The van der Waals surface area contributed by atoms with Gasteiger partial charge in [0.15, 0.2) is 0 Å². The number of β-lactam (4-membered cyclic amide) rings is 1. The molecule has 0 aromatic heterocycles. The summed E-state index contributed by atoms with van der Waals surface area (Å²) in [6, 6.07) is 1.89. The third kappa shape index (κ3) is 4.05. The fraction of sp³-hybridized carbons (Fsp3) is 0.533. The Hall–Kier alpha value is -2.23. The van der Waals surface area contributed by atoms with Gasteiger partial charge in [0.2, 0.25) is 5.91 Å². The quantitative estimate of drug-likeness (QED) is 0.231. The van der Waals surface area contributed by atoms with Gasteiger partial charge in [-0.1, -0.05) is 0 Å². The highest BCUT2D eigenvalue weighted by molar-refractivity contribution is 8.00. The lowest BCUT2D eigenvalue weighted by Crippen LogP contribution is -2.80. The van der Waals surface area contributed by atoms with Crippen molar-refractivity contribution in [3.05, 3.63) is 11.3 Å². The first kappa shape index (κ1) is 21.1. The molecule has 2 aliphatic heterocycles. The number of carboxylic acid groups (broad SMARTS) is 1. The fourth-order valence-corrected chi connectivity index (χ4v) is 4.55. The molecule has 0 aromatic carbocycles. The lowest BCUT2D eigenvalue weighted by atomic mass is 9.98. The number of nitrogens with one attached hydrogen (secondary N) is 1. The molecule has 12 heteroatoms. The first-order valence-electron chi connectivity index (χ1n) is 7.63. The van der Waals surface area contributed by atoms with Crippen molar-refractivity contribution in [2.75, 3.05) is 31.0 Å². The SMILES string of the molecule is COC1(NC(=O)CSCC#N)C(=O)N2C(C(=O)O)=C(COC(C)=O)CSC21. The minimum Gasteiger partial charge on any atom is -0.477 e. The highest BCUT2D eigenvalue weighted by atomic mass is 32.2. The van der Waals surface area contributed by atoms with E-state index in [-0.39, 0.29) is 35.1 Å². The summed E-state index contributed by atoms with van der Waals surface area (Å²) >= 11 is 2.27. The van der Waals surface area contributed by atoms with E-state index in [0.717, 1.165) is 16.7 Å². The molecular weight excluding hydrogens is 398 g/mol. The Kier molecular flexibility index (Phi) is 6.74. The van der Waals surface area contributed by atoms with E-state index in [1.807, 2.05) is 6.07 Å². The summed E-state index contributed by atoms with van der Waals surface area (Å²) in [5.41, 5.74) is -1.67. The number of rotatable bonds is 8. The van der Waals surface area contributed by atoms with Gasteiger partial charge >= 0.3 is 11.9 Å². The molecule has 1 saturated heterocycles. The maximum atomic E-state index is 12.7. The van der Waals surface area contributed by atoms with Crippen LogP contribution in [-0.4, -0.2) is 75.8 Å². The molecule has 2 amide bonds. The van der Waals surface area contributed by atoms with Crippen molar-refractivity contribution in [1.29, 1.82) is 5.26 Å². The van der Waals surface area contributed by atoms with Gasteiger partial charge in [-0.15, -0.1) is 23.5 Å². The summed E-state index contributed by atoms with van der Waals surface area (Å²) in [6.45, 7) is 0.960. The van der Waals surface area contributed by atoms with Crippen molar-refractivity contribution in [1.82, 2.24) is 10.2 Å². The van der Waals surface area contributed by atoms with Crippen LogP contribution in [0.15, 0.2) is 11.3 Å². The average Bonchev–Trinajstić information content (AvgIpc) is 2.63. The molecule has 27 heavy (non-hydrogen) atoms. The van der Waals surface area contributed by atoms with Gasteiger partial charge in [0.1, 0.15) is 17.7 Å². The average molecular weight is 415 g/mol. The van der Waals surface area contributed by atoms with Gasteiger partial charge < -0.3 is 19.9 Å². The number of hydrogen-bond donors (Lipinski definition) is 2. The second kappa shape index (κ2) is 8.64. The standard InChI is InChI=1S/C15H17N3O7S2/c1-8(19)25-5-9-6-27-14-15(24-2,17-10(20)7-26-4-3-16)13(23)18(14)11(9)12(21)22/h14H,4-7H2,1-2H3,(H,17,20)(H,21,22). The third-order valence-electron chi connectivity index (χ3n) is 3.81. The number of aliphatic carboxylic acids is 1. The molecule has 2 N–H and O–H groups in total. The number of nitriles is 1. The highest BCUT2D eigenvalue weighted by Crippen LogP contribution is 2.46. The Balaban J connectivity index is 2.21. The predicted octanol–water partition coefficient (Wildman–Crippen LogP) is -0.481. The molecule has 2 rings (SSSR count). The predicted molar refractivity (Wildman–Crippen MR) is 95.2 cm³/mol. The van der Waals surface area contributed by atoms with E-state index in [4.69, 9.17) is 14.7 Å². The Morgan fingerprint density at radius 2 is 2.22 bits per heavy atom. The monoisotopic (exact) mass is 415 g/mol. The molecule has 2 atom stereocenters. The minimum atomic E-state index is -1.68. The van der Waals surface area contributed by atoms with E-state index in [9.17, 15) is 24.3 Å². The summed E-state index contributed by atoms with van der Waals surface area (Å²) in [6.07, 6.45) is 0. The molecule has 2 heterocycles.